The second-order valence-corrected chi connectivity index (χ2v) is 5.16. The van der Waals surface area contributed by atoms with Gasteiger partial charge in [0, 0.05) is 10.5 Å². The first-order valence-corrected chi connectivity index (χ1v) is 6.54. The maximum absolute atomic E-state index is 6.02. The van der Waals surface area contributed by atoms with Crippen molar-refractivity contribution in [2.24, 2.45) is 5.73 Å². The lowest BCUT2D eigenvalue weighted by Gasteiger charge is -2.08. The second kappa shape index (κ2) is 5.65. The fourth-order valence-electron chi connectivity index (χ4n) is 1.28. The number of benzene rings is 1. The molecule has 0 aliphatic heterocycles. The van der Waals surface area contributed by atoms with Gasteiger partial charge >= 0.3 is 0 Å². The van der Waals surface area contributed by atoms with E-state index >= 15 is 0 Å². The zero-order chi connectivity index (χ0) is 13.1. The third kappa shape index (κ3) is 3.19. The number of hydrogen-bond acceptors (Lipinski definition) is 3. The molecule has 0 aliphatic rings. The van der Waals surface area contributed by atoms with E-state index in [9.17, 15) is 0 Å². The number of thiocarbonyl (C=S) groups is 1. The van der Waals surface area contributed by atoms with E-state index in [0.717, 1.165) is 4.47 Å². The first-order valence-electron chi connectivity index (χ1n) is 4.96. The Kier molecular flexibility index (Phi) is 4.16. The molecular formula is C12H8BrClN2OS. The van der Waals surface area contributed by atoms with Crippen LogP contribution >= 0.6 is 39.7 Å². The zero-order valence-corrected chi connectivity index (χ0v) is 12.2. The average molecular weight is 344 g/mol. The van der Waals surface area contributed by atoms with Crippen LogP contribution in [0.3, 0.4) is 0 Å². The number of aromatic nitrogens is 1. The van der Waals surface area contributed by atoms with Gasteiger partial charge in [0.05, 0.1) is 5.02 Å². The molecule has 0 saturated heterocycles. The van der Waals surface area contributed by atoms with E-state index in [1.54, 1.807) is 30.3 Å². The summed E-state index contributed by atoms with van der Waals surface area (Å²) >= 11 is 14.2. The molecule has 2 N–H and O–H groups in total. The van der Waals surface area contributed by atoms with Crippen LogP contribution in [0.1, 0.15) is 5.69 Å². The highest BCUT2D eigenvalue weighted by Gasteiger charge is 2.06. The van der Waals surface area contributed by atoms with Gasteiger partial charge in [-0.2, -0.15) is 0 Å². The number of nitrogens with two attached hydrogens (primary N) is 1. The molecule has 0 radical (unpaired) electrons. The van der Waals surface area contributed by atoms with Gasteiger partial charge in [-0.25, -0.2) is 4.98 Å². The van der Waals surface area contributed by atoms with E-state index in [1.165, 1.54) is 0 Å². The maximum atomic E-state index is 6.02. The van der Waals surface area contributed by atoms with Crippen molar-refractivity contribution in [1.82, 2.24) is 4.98 Å². The highest BCUT2D eigenvalue weighted by atomic mass is 79.9. The highest BCUT2D eigenvalue weighted by Crippen LogP contribution is 2.31. The number of ether oxygens (including phenoxy) is 1. The summed E-state index contributed by atoms with van der Waals surface area (Å²) in [6.45, 7) is 0. The minimum absolute atomic E-state index is 0.223. The van der Waals surface area contributed by atoms with E-state index in [2.05, 4.69) is 20.9 Å². The Hall–Kier alpha value is -1.17. The van der Waals surface area contributed by atoms with Crippen LogP contribution < -0.4 is 10.5 Å². The van der Waals surface area contributed by atoms with Gasteiger partial charge < -0.3 is 10.5 Å². The minimum atomic E-state index is 0.223. The van der Waals surface area contributed by atoms with Crippen LogP contribution in [-0.4, -0.2) is 9.97 Å². The van der Waals surface area contributed by atoms with Crippen molar-refractivity contribution in [3.63, 3.8) is 0 Å². The maximum Gasteiger partial charge on any atom is 0.219 e. The smallest absolute Gasteiger partial charge is 0.219 e. The van der Waals surface area contributed by atoms with Gasteiger partial charge in [0.2, 0.25) is 5.88 Å². The van der Waals surface area contributed by atoms with Gasteiger partial charge in [-0.05, 0) is 24.3 Å². The minimum Gasteiger partial charge on any atom is -0.437 e. The van der Waals surface area contributed by atoms with Crippen LogP contribution in [0.2, 0.25) is 5.02 Å². The van der Waals surface area contributed by atoms with Crippen molar-refractivity contribution in [3.05, 3.63) is 51.6 Å². The predicted octanol–water partition coefficient (Wildman–Crippen LogP) is 3.92. The third-order valence-corrected chi connectivity index (χ3v) is 3.10. The molecule has 0 bridgehead atoms. The topological polar surface area (TPSA) is 48.1 Å². The van der Waals surface area contributed by atoms with Gasteiger partial charge in [0.25, 0.3) is 0 Å². The van der Waals surface area contributed by atoms with Gasteiger partial charge in [-0.15, -0.1) is 0 Å². The summed E-state index contributed by atoms with van der Waals surface area (Å²) in [5, 5.41) is 0.501. The second-order valence-electron chi connectivity index (χ2n) is 3.40. The molecule has 1 aromatic heterocycles. The summed E-state index contributed by atoms with van der Waals surface area (Å²) in [5.74, 6) is 0.902. The molecule has 0 unspecified atom stereocenters. The molecule has 0 aliphatic carbocycles. The molecule has 6 heteroatoms. The van der Waals surface area contributed by atoms with Crippen LogP contribution in [0, 0.1) is 0 Å². The Morgan fingerprint density at radius 2 is 2.11 bits per heavy atom. The molecule has 92 valence electrons. The summed E-state index contributed by atoms with van der Waals surface area (Å²) in [6.07, 6.45) is 0. The fourth-order valence-corrected chi connectivity index (χ4v) is 1.89. The molecule has 18 heavy (non-hydrogen) atoms. The van der Waals surface area contributed by atoms with E-state index in [-0.39, 0.29) is 4.99 Å². The lowest BCUT2D eigenvalue weighted by molar-refractivity contribution is 0.462. The quantitative estimate of drug-likeness (QED) is 0.858. The summed E-state index contributed by atoms with van der Waals surface area (Å²) in [7, 11) is 0. The first-order chi connectivity index (χ1) is 8.56. The van der Waals surface area contributed by atoms with Crippen LogP contribution in [0.15, 0.2) is 40.9 Å². The van der Waals surface area contributed by atoms with E-state index in [0.29, 0.717) is 22.3 Å². The monoisotopic (exact) mass is 342 g/mol. The van der Waals surface area contributed by atoms with Crippen molar-refractivity contribution in [2.75, 3.05) is 0 Å². The van der Waals surface area contributed by atoms with Crippen LogP contribution in [0.4, 0.5) is 0 Å². The lowest BCUT2D eigenvalue weighted by Crippen LogP contribution is -2.11. The summed E-state index contributed by atoms with van der Waals surface area (Å²) in [5.41, 5.74) is 6.02. The summed E-state index contributed by atoms with van der Waals surface area (Å²) < 4.78 is 6.46. The highest BCUT2D eigenvalue weighted by molar-refractivity contribution is 9.10. The molecule has 2 aromatic rings. The predicted molar refractivity (Wildman–Crippen MR) is 79.4 cm³/mol. The fraction of sp³-hybridized carbons (Fsp3) is 0. The van der Waals surface area contributed by atoms with E-state index in [4.69, 9.17) is 34.3 Å². The number of rotatable bonds is 3. The first kappa shape index (κ1) is 13.3. The molecule has 0 fully saturated rings. The van der Waals surface area contributed by atoms with Gasteiger partial charge in [0.1, 0.15) is 16.4 Å². The van der Waals surface area contributed by atoms with Gasteiger partial charge in [-0.3, -0.25) is 0 Å². The SMILES string of the molecule is NC(=S)c1cccc(Oc2cc(Br)ccc2Cl)n1. The normalized spacial score (nSPS) is 10.1. The van der Waals surface area contributed by atoms with Crippen LogP contribution in [0.5, 0.6) is 11.6 Å². The lowest BCUT2D eigenvalue weighted by atomic mass is 10.3. The summed E-state index contributed by atoms with van der Waals surface area (Å²) in [6, 6.07) is 10.5. The number of pyridine rings is 1. The molecule has 3 nitrogen and oxygen atoms in total. The molecule has 0 spiro atoms. The Balaban J connectivity index is 2.31. The van der Waals surface area contributed by atoms with Gasteiger partial charge in [-0.1, -0.05) is 45.8 Å². The molecule has 0 amide bonds. The van der Waals surface area contributed by atoms with E-state index in [1.807, 2.05) is 6.07 Å². The Labute approximate surface area is 123 Å². The van der Waals surface area contributed by atoms with Crippen molar-refractivity contribution in [3.8, 4) is 11.6 Å². The number of halogens is 2. The van der Waals surface area contributed by atoms with Crippen molar-refractivity contribution in [1.29, 1.82) is 0 Å². The van der Waals surface area contributed by atoms with Crippen molar-refractivity contribution in [2.45, 2.75) is 0 Å². The molecule has 0 atom stereocenters. The molecule has 0 saturated carbocycles. The number of hydrogen-bond donors (Lipinski definition) is 1. The Bertz CT molecular complexity index is 606. The zero-order valence-electron chi connectivity index (χ0n) is 9.06. The average Bonchev–Trinajstić information content (AvgIpc) is 2.34. The summed E-state index contributed by atoms with van der Waals surface area (Å²) in [4.78, 5) is 4.40. The Morgan fingerprint density at radius 1 is 1.33 bits per heavy atom. The largest absolute Gasteiger partial charge is 0.437 e. The molecule has 1 heterocycles. The van der Waals surface area contributed by atoms with Crippen molar-refractivity contribution < 1.29 is 4.74 Å². The number of nitrogens with zero attached hydrogens (tertiary/aromatic N) is 1. The third-order valence-electron chi connectivity index (χ3n) is 2.08. The van der Waals surface area contributed by atoms with Crippen LogP contribution in [0.25, 0.3) is 0 Å². The van der Waals surface area contributed by atoms with Crippen LogP contribution in [-0.2, 0) is 0 Å². The van der Waals surface area contributed by atoms with Gasteiger partial charge in [0.15, 0.2) is 0 Å². The molecule has 2 rings (SSSR count). The van der Waals surface area contributed by atoms with E-state index < -0.39 is 0 Å². The Morgan fingerprint density at radius 3 is 2.83 bits per heavy atom. The standard InChI is InChI=1S/C12H8BrClN2OS/c13-7-4-5-8(14)10(6-7)17-11-3-1-2-9(16-11)12(15)18/h1-6H,(H2,15,18). The van der Waals surface area contributed by atoms with Crippen molar-refractivity contribution >= 4 is 44.7 Å². The molecular weight excluding hydrogens is 336 g/mol. The molecule has 1 aromatic carbocycles.